The number of hydrogen-bond donors (Lipinski definition) is 0. The molecule has 162 valence electrons. The summed E-state index contributed by atoms with van der Waals surface area (Å²) in [4.78, 5) is 14.4. The zero-order valence-corrected chi connectivity index (χ0v) is 18.8. The van der Waals surface area contributed by atoms with Gasteiger partial charge in [-0.3, -0.25) is 9.38 Å². The lowest BCUT2D eigenvalue weighted by molar-refractivity contribution is 1.22. The first-order valence-electron chi connectivity index (χ1n) is 12.0. The first kappa shape index (κ1) is 17.8. The molecule has 0 aliphatic heterocycles. The van der Waals surface area contributed by atoms with Gasteiger partial charge in [-0.15, -0.1) is 0 Å². The third kappa shape index (κ3) is 2.15. The highest BCUT2D eigenvalue weighted by Gasteiger charge is 2.28. The summed E-state index contributed by atoms with van der Waals surface area (Å²) in [5.74, 6) is 0. The van der Waals surface area contributed by atoms with Crippen molar-refractivity contribution in [1.29, 1.82) is 0 Å². The molecular formula is C31H18N4. The molecule has 0 spiro atoms. The van der Waals surface area contributed by atoms with Gasteiger partial charge in [0, 0.05) is 41.2 Å². The fraction of sp³-hybridized carbons (Fsp3) is 0.0645. The predicted octanol–water partition coefficient (Wildman–Crippen LogP) is 6.73. The topological polar surface area (TPSA) is 43.1 Å². The zero-order chi connectivity index (χ0) is 22.7. The Labute approximate surface area is 200 Å². The van der Waals surface area contributed by atoms with Gasteiger partial charge in [0.25, 0.3) is 0 Å². The second kappa shape index (κ2) is 6.10. The predicted molar refractivity (Wildman–Crippen MR) is 140 cm³/mol. The number of fused-ring (bicyclic) bond motifs is 15. The van der Waals surface area contributed by atoms with Crippen LogP contribution < -0.4 is 0 Å². The van der Waals surface area contributed by atoms with E-state index in [-0.39, 0.29) is 0 Å². The fourth-order valence-corrected chi connectivity index (χ4v) is 6.44. The van der Waals surface area contributed by atoms with Gasteiger partial charge in [-0.2, -0.15) is 0 Å². The molecule has 0 radical (unpaired) electrons. The molecule has 2 aliphatic carbocycles. The standard InChI is InChI=1S/C31H18N4/c1-2-5-20-17(4-1)12-18-13-19-14-26-21(25(19)15-24(18)20)7-8-28-29(26)34-31-23-9-11-32-16-27(23)22-6-3-10-33-30(22)35(28)31/h1-11,13,15-16H,12,14H2. The molecule has 0 amide bonds. The molecule has 2 aliphatic rings. The van der Waals surface area contributed by atoms with Gasteiger partial charge in [0.15, 0.2) is 0 Å². The van der Waals surface area contributed by atoms with Crippen LogP contribution in [0.25, 0.3) is 60.7 Å². The molecular weight excluding hydrogens is 428 g/mol. The Morgan fingerprint density at radius 3 is 2.51 bits per heavy atom. The van der Waals surface area contributed by atoms with Crippen LogP contribution >= 0.6 is 0 Å². The van der Waals surface area contributed by atoms with Crippen LogP contribution in [0.4, 0.5) is 0 Å². The molecule has 0 N–H and O–H groups in total. The highest BCUT2D eigenvalue weighted by atomic mass is 15.1. The molecule has 4 heteroatoms. The van der Waals surface area contributed by atoms with Crippen molar-refractivity contribution in [3.8, 4) is 22.3 Å². The number of benzene rings is 3. The first-order chi connectivity index (χ1) is 17.3. The molecule has 0 saturated heterocycles. The minimum Gasteiger partial charge on any atom is -0.276 e. The van der Waals surface area contributed by atoms with E-state index in [1.165, 1.54) is 44.5 Å². The fourth-order valence-electron chi connectivity index (χ4n) is 6.44. The number of nitrogens with zero attached hydrogens (tertiary/aromatic N) is 4. The lowest BCUT2D eigenvalue weighted by atomic mass is 9.98. The van der Waals surface area contributed by atoms with Crippen molar-refractivity contribution in [2.24, 2.45) is 0 Å². The number of hydrogen-bond acceptors (Lipinski definition) is 3. The molecule has 4 heterocycles. The van der Waals surface area contributed by atoms with Crippen molar-refractivity contribution in [3.63, 3.8) is 0 Å². The van der Waals surface area contributed by atoms with Crippen molar-refractivity contribution >= 4 is 38.5 Å². The molecule has 4 nitrogen and oxygen atoms in total. The second-order valence-corrected chi connectivity index (χ2v) is 9.70. The van der Waals surface area contributed by atoms with Crippen molar-refractivity contribution in [2.45, 2.75) is 12.8 Å². The van der Waals surface area contributed by atoms with Crippen LogP contribution in [0.5, 0.6) is 0 Å². The van der Waals surface area contributed by atoms with E-state index in [0.29, 0.717) is 0 Å². The van der Waals surface area contributed by atoms with Gasteiger partial charge in [0.2, 0.25) is 0 Å². The van der Waals surface area contributed by atoms with Gasteiger partial charge in [-0.1, -0.05) is 36.4 Å². The minimum absolute atomic E-state index is 0.917. The summed E-state index contributed by atoms with van der Waals surface area (Å²) in [7, 11) is 0. The summed E-state index contributed by atoms with van der Waals surface area (Å²) >= 11 is 0. The van der Waals surface area contributed by atoms with E-state index in [1.54, 1.807) is 0 Å². The van der Waals surface area contributed by atoms with Gasteiger partial charge in [0.1, 0.15) is 11.3 Å². The Morgan fingerprint density at radius 2 is 1.51 bits per heavy atom. The van der Waals surface area contributed by atoms with Gasteiger partial charge in [-0.05, 0) is 81.3 Å². The van der Waals surface area contributed by atoms with E-state index >= 15 is 0 Å². The van der Waals surface area contributed by atoms with E-state index in [4.69, 9.17) is 9.97 Å². The van der Waals surface area contributed by atoms with Crippen molar-refractivity contribution < 1.29 is 0 Å². The third-order valence-electron chi connectivity index (χ3n) is 7.96. The summed E-state index contributed by atoms with van der Waals surface area (Å²) in [6.07, 6.45) is 7.58. The van der Waals surface area contributed by atoms with E-state index < -0.39 is 0 Å². The summed E-state index contributed by atoms with van der Waals surface area (Å²) in [6.45, 7) is 0. The van der Waals surface area contributed by atoms with Crippen LogP contribution in [-0.4, -0.2) is 19.4 Å². The molecule has 7 aromatic rings. The second-order valence-electron chi connectivity index (χ2n) is 9.70. The Kier molecular flexibility index (Phi) is 3.11. The molecule has 0 fully saturated rings. The Balaban J connectivity index is 1.36. The van der Waals surface area contributed by atoms with Gasteiger partial charge < -0.3 is 0 Å². The average molecular weight is 447 g/mol. The maximum Gasteiger partial charge on any atom is 0.147 e. The van der Waals surface area contributed by atoms with E-state index in [1.807, 2.05) is 24.7 Å². The van der Waals surface area contributed by atoms with Crippen molar-refractivity contribution in [2.75, 3.05) is 0 Å². The molecule has 0 unspecified atom stereocenters. The molecule has 0 bridgehead atoms. The lowest BCUT2D eigenvalue weighted by Crippen LogP contribution is -1.94. The maximum atomic E-state index is 5.26. The highest BCUT2D eigenvalue weighted by Crippen LogP contribution is 2.46. The summed E-state index contributed by atoms with van der Waals surface area (Å²) in [6, 6.07) is 24.4. The molecule has 0 saturated carbocycles. The number of rotatable bonds is 0. The van der Waals surface area contributed by atoms with Crippen LogP contribution in [0.3, 0.4) is 0 Å². The highest BCUT2D eigenvalue weighted by molar-refractivity contribution is 6.13. The number of imidazole rings is 1. The third-order valence-corrected chi connectivity index (χ3v) is 7.96. The van der Waals surface area contributed by atoms with Gasteiger partial charge in [-0.25, -0.2) is 9.97 Å². The van der Waals surface area contributed by atoms with Crippen molar-refractivity contribution in [3.05, 3.63) is 108 Å². The van der Waals surface area contributed by atoms with Crippen LogP contribution in [0.15, 0.2) is 85.3 Å². The van der Waals surface area contributed by atoms with E-state index in [0.717, 1.165) is 51.3 Å². The maximum absolute atomic E-state index is 5.26. The first-order valence-corrected chi connectivity index (χ1v) is 12.0. The average Bonchev–Trinajstić information content (AvgIpc) is 3.58. The quantitative estimate of drug-likeness (QED) is 0.243. The van der Waals surface area contributed by atoms with Gasteiger partial charge >= 0.3 is 0 Å². The molecule has 9 rings (SSSR count). The minimum atomic E-state index is 0.917. The Morgan fingerprint density at radius 1 is 0.629 bits per heavy atom. The molecule has 35 heavy (non-hydrogen) atoms. The Hall–Kier alpha value is -4.57. The van der Waals surface area contributed by atoms with Crippen LogP contribution in [0.1, 0.15) is 22.3 Å². The summed E-state index contributed by atoms with van der Waals surface area (Å²) in [5.41, 5.74) is 15.1. The van der Waals surface area contributed by atoms with Crippen LogP contribution in [0, 0.1) is 0 Å². The molecule has 3 aromatic carbocycles. The normalized spacial score (nSPS) is 13.5. The summed E-state index contributed by atoms with van der Waals surface area (Å²) in [5, 5.41) is 3.30. The van der Waals surface area contributed by atoms with E-state index in [2.05, 4.69) is 70.0 Å². The number of pyridine rings is 3. The van der Waals surface area contributed by atoms with Crippen molar-refractivity contribution in [1.82, 2.24) is 19.4 Å². The summed E-state index contributed by atoms with van der Waals surface area (Å²) < 4.78 is 2.23. The monoisotopic (exact) mass is 446 g/mol. The molecule has 4 aromatic heterocycles. The van der Waals surface area contributed by atoms with Crippen LogP contribution in [0.2, 0.25) is 0 Å². The Bertz CT molecular complexity index is 2070. The largest absolute Gasteiger partial charge is 0.276 e. The SMILES string of the molecule is c1ccc2c(c1)Cc1cc3c(cc1-2)-c1ccc2c(nc4c5ccncc5c5cccnc5n24)c1C3. The van der Waals surface area contributed by atoms with E-state index in [9.17, 15) is 0 Å². The lowest BCUT2D eigenvalue weighted by Gasteiger charge is -2.08. The van der Waals surface area contributed by atoms with Crippen LogP contribution in [-0.2, 0) is 12.8 Å². The van der Waals surface area contributed by atoms with Gasteiger partial charge in [0.05, 0.1) is 11.0 Å². The molecule has 0 atom stereocenters. The number of aromatic nitrogens is 4. The smallest absolute Gasteiger partial charge is 0.147 e. The zero-order valence-electron chi connectivity index (χ0n) is 18.8.